The molecular weight excluding hydrogens is 536 g/mol. The minimum atomic E-state index is -0.218. The van der Waals surface area contributed by atoms with E-state index in [1.54, 1.807) is 37.4 Å². The lowest BCUT2D eigenvalue weighted by Gasteiger charge is -2.34. The molecule has 0 radical (unpaired) electrons. The molecule has 0 unspecified atom stereocenters. The summed E-state index contributed by atoms with van der Waals surface area (Å²) in [4.78, 5) is 18.1. The van der Waals surface area contributed by atoms with E-state index in [2.05, 4.69) is 19.7 Å². The Balaban J connectivity index is 1.13. The van der Waals surface area contributed by atoms with Crippen molar-refractivity contribution in [3.05, 3.63) is 78.0 Å². The third-order valence-corrected chi connectivity index (χ3v) is 7.67. The maximum absolute atomic E-state index is 13.2. The maximum Gasteiger partial charge on any atom is 0.253 e. The fourth-order valence-electron chi connectivity index (χ4n) is 5.34. The van der Waals surface area contributed by atoms with E-state index in [0.29, 0.717) is 17.7 Å². The Bertz CT molecular complexity index is 1500. The van der Waals surface area contributed by atoms with Crippen LogP contribution in [0, 0.1) is 0 Å². The van der Waals surface area contributed by atoms with Crippen LogP contribution in [-0.2, 0) is 13.1 Å². The van der Waals surface area contributed by atoms with Gasteiger partial charge in [0, 0.05) is 57.4 Å². The van der Waals surface area contributed by atoms with Crippen molar-refractivity contribution < 1.29 is 29.6 Å². The van der Waals surface area contributed by atoms with Gasteiger partial charge in [-0.25, -0.2) is 0 Å². The van der Waals surface area contributed by atoms with Crippen LogP contribution in [0.5, 0.6) is 28.7 Å². The van der Waals surface area contributed by atoms with Gasteiger partial charge in [-0.3, -0.25) is 9.69 Å². The molecule has 2 heterocycles. The predicted molar refractivity (Wildman–Crippen MR) is 161 cm³/mol. The smallest absolute Gasteiger partial charge is 0.253 e. The molecule has 3 aromatic carbocycles. The van der Waals surface area contributed by atoms with Crippen molar-refractivity contribution in [2.45, 2.75) is 19.5 Å². The largest absolute Gasteiger partial charge is 0.508 e. The van der Waals surface area contributed by atoms with Crippen LogP contribution >= 0.6 is 0 Å². The molecule has 10 nitrogen and oxygen atoms in total. The van der Waals surface area contributed by atoms with E-state index < -0.39 is 0 Å². The van der Waals surface area contributed by atoms with E-state index in [1.807, 2.05) is 24.4 Å². The topological polar surface area (TPSA) is 120 Å². The molecule has 0 spiro atoms. The number of carbonyl (C=O) groups excluding carboxylic acids is 1. The number of hydrogen-bond donors (Lipinski definition) is 4. The molecule has 4 N–H and O–H groups in total. The highest BCUT2D eigenvalue weighted by Crippen LogP contribution is 2.30. The van der Waals surface area contributed by atoms with Gasteiger partial charge in [0.05, 0.1) is 18.2 Å². The molecule has 1 aliphatic rings. The van der Waals surface area contributed by atoms with Gasteiger partial charge in [0.2, 0.25) is 0 Å². The number of carbonyl (C=O) groups is 1. The van der Waals surface area contributed by atoms with Gasteiger partial charge in [-0.1, -0.05) is 18.2 Å². The number of phenols is 3. The molecule has 5 rings (SSSR count). The van der Waals surface area contributed by atoms with Gasteiger partial charge in [0.15, 0.2) is 11.5 Å². The van der Waals surface area contributed by atoms with E-state index in [-0.39, 0.29) is 29.7 Å². The summed E-state index contributed by atoms with van der Waals surface area (Å²) in [6.07, 6.45) is 2.82. The lowest BCUT2D eigenvalue weighted by molar-refractivity contribution is 0.0952. The Morgan fingerprint density at radius 3 is 2.33 bits per heavy atom. The fraction of sp³-hybridized carbons (Fsp3) is 0.344. The molecule has 0 bridgehead atoms. The molecule has 1 aromatic heterocycles. The number of para-hydroxylation sites is 1. The number of methoxy groups -OCH3 is 1. The number of aryl methyl sites for hydroxylation is 1. The number of ether oxygens (including phenoxy) is 2. The number of benzene rings is 3. The fourth-order valence-corrected chi connectivity index (χ4v) is 5.34. The van der Waals surface area contributed by atoms with E-state index in [4.69, 9.17) is 9.47 Å². The first-order valence-electron chi connectivity index (χ1n) is 14.2. The number of nitrogens with one attached hydrogen (secondary N) is 1. The summed E-state index contributed by atoms with van der Waals surface area (Å²) in [5, 5.41) is 32.4. The Kier molecular flexibility index (Phi) is 9.35. The summed E-state index contributed by atoms with van der Waals surface area (Å²) in [5.74, 6) is 1.09. The molecule has 0 atom stereocenters. The van der Waals surface area contributed by atoms with E-state index in [0.717, 1.165) is 74.6 Å². The van der Waals surface area contributed by atoms with Gasteiger partial charge in [-0.2, -0.15) is 0 Å². The average Bonchev–Trinajstić information content (AvgIpc) is 3.38. The molecular formula is C32H38N4O6. The van der Waals surface area contributed by atoms with Gasteiger partial charge >= 0.3 is 0 Å². The first kappa shape index (κ1) is 29.1. The molecule has 0 saturated carbocycles. The first-order chi connectivity index (χ1) is 20.4. The second-order valence-corrected chi connectivity index (χ2v) is 10.5. The van der Waals surface area contributed by atoms with Crippen molar-refractivity contribution in [3.63, 3.8) is 0 Å². The Hall–Kier alpha value is -4.41. The Morgan fingerprint density at radius 1 is 0.881 bits per heavy atom. The van der Waals surface area contributed by atoms with Crippen LogP contribution in [0.2, 0.25) is 0 Å². The zero-order valence-electron chi connectivity index (χ0n) is 23.8. The lowest BCUT2D eigenvalue weighted by Crippen LogP contribution is -2.47. The molecule has 222 valence electrons. The van der Waals surface area contributed by atoms with Crippen LogP contribution in [0.15, 0.2) is 66.9 Å². The third-order valence-electron chi connectivity index (χ3n) is 7.67. The van der Waals surface area contributed by atoms with Gasteiger partial charge in [-0.15, -0.1) is 0 Å². The van der Waals surface area contributed by atoms with Crippen LogP contribution < -0.4 is 14.8 Å². The number of aromatic hydroxyl groups is 3. The SMILES string of the molecule is COc1cccc2c(C(=O)NCc3ccc(O)c(O)c3)cn(CCCN3CCN(CCOc4ccc(O)cc4)CC3)c12. The van der Waals surface area contributed by atoms with Gasteiger partial charge in [0.1, 0.15) is 23.9 Å². The summed E-state index contributed by atoms with van der Waals surface area (Å²) in [7, 11) is 1.64. The van der Waals surface area contributed by atoms with Crippen LogP contribution in [-0.4, -0.2) is 88.6 Å². The lowest BCUT2D eigenvalue weighted by atomic mass is 10.1. The summed E-state index contributed by atoms with van der Waals surface area (Å²) in [6.45, 7) is 7.37. The number of piperazine rings is 1. The van der Waals surface area contributed by atoms with Crippen LogP contribution in [0.4, 0.5) is 0 Å². The highest BCUT2D eigenvalue weighted by Gasteiger charge is 2.20. The third kappa shape index (κ3) is 7.07. The number of rotatable bonds is 12. The minimum Gasteiger partial charge on any atom is -0.508 e. The highest BCUT2D eigenvalue weighted by atomic mass is 16.5. The van der Waals surface area contributed by atoms with Crippen molar-refractivity contribution in [1.82, 2.24) is 19.7 Å². The second-order valence-electron chi connectivity index (χ2n) is 10.5. The Labute approximate surface area is 245 Å². The zero-order valence-corrected chi connectivity index (χ0v) is 23.8. The standard InChI is InChI=1S/C32H38N4O6/c1-41-30-5-2-4-26-27(32(40)33-21-23-6-11-28(38)29(39)20-23)22-36(31(26)30)13-3-12-34-14-16-35(17-15-34)18-19-42-25-9-7-24(37)8-10-25/h2,4-11,20,22,37-39H,3,12-19,21H2,1H3,(H,33,40). The van der Waals surface area contributed by atoms with Gasteiger partial charge in [0.25, 0.3) is 5.91 Å². The molecule has 42 heavy (non-hydrogen) atoms. The van der Waals surface area contributed by atoms with Crippen molar-refractivity contribution in [2.24, 2.45) is 0 Å². The normalized spacial score (nSPS) is 14.2. The number of hydrogen-bond acceptors (Lipinski definition) is 8. The second kappa shape index (κ2) is 13.5. The molecule has 1 amide bonds. The summed E-state index contributed by atoms with van der Waals surface area (Å²) < 4.78 is 13.5. The van der Waals surface area contributed by atoms with Crippen molar-refractivity contribution in [2.75, 3.05) is 53.0 Å². The highest BCUT2D eigenvalue weighted by molar-refractivity contribution is 6.08. The van der Waals surface area contributed by atoms with Crippen molar-refractivity contribution in [1.29, 1.82) is 0 Å². The van der Waals surface area contributed by atoms with Crippen LogP contribution in [0.1, 0.15) is 22.3 Å². The summed E-state index contributed by atoms with van der Waals surface area (Å²) >= 11 is 0. The quantitative estimate of drug-likeness (QED) is 0.189. The maximum atomic E-state index is 13.2. The van der Waals surface area contributed by atoms with Gasteiger partial charge < -0.3 is 39.6 Å². The van der Waals surface area contributed by atoms with Crippen LogP contribution in [0.25, 0.3) is 10.9 Å². The first-order valence-corrected chi connectivity index (χ1v) is 14.2. The summed E-state index contributed by atoms with van der Waals surface area (Å²) in [6, 6.07) is 17.0. The monoisotopic (exact) mass is 574 g/mol. The molecule has 1 aliphatic heterocycles. The summed E-state index contributed by atoms with van der Waals surface area (Å²) in [5.41, 5.74) is 2.14. The van der Waals surface area contributed by atoms with E-state index >= 15 is 0 Å². The molecule has 1 fully saturated rings. The molecule has 1 saturated heterocycles. The molecule has 0 aliphatic carbocycles. The Morgan fingerprint density at radius 2 is 1.62 bits per heavy atom. The number of amides is 1. The molecule has 10 heteroatoms. The van der Waals surface area contributed by atoms with E-state index in [9.17, 15) is 20.1 Å². The number of nitrogens with zero attached hydrogens (tertiary/aromatic N) is 3. The minimum absolute atomic E-state index is 0.196. The van der Waals surface area contributed by atoms with E-state index in [1.165, 1.54) is 12.1 Å². The zero-order chi connectivity index (χ0) is 29.5. The van der Waals surface area contributed by atoms with Crippen LogP contribution in [0.3, 0.4) is 0 Å². The van der Waals surface area contributed by atoms with Crippen molar-refractivity contribution >= 4 is 16.8 Å². The predicted octanol–water partition coefficient (Wildman–Crippen LogP) is 3.78. The van der Waals surface area contributed by atoms with Gasteiger partial charge in [-0.05, 0) is 61.0 Å². The number of phenolic OH excluding ortho intramolecular Hbond substituents is 3. The van der Waals surface area contributed by atoms with Crippen molar-refractivity contribution in [3.8, 4) is 28.7 Å². The molecule has 4 aromatic rings. The number of aromatic nitrogens is 1. The average molecular weight is 575 g/mol. The number of fused-ring (bicyclic) bond motifs is 1.